The lowest BCUT2D eigenvalue weighted by molar-refractivity contribution is 0.0376. The Kier molecular flexibility index (Phi) is 12.0. The zero-order chi connectivity index (χ0) is 17.2. The number of guanidine groups is 1. The number of nitrogens with one attached hydrogen (secondary N) is 1. The van der Waals surface area contributed by atoms with Gasteiger partial charge in [0.15, 0.2) is 5.96 Å². The van der Waals surface area contributed by atoms with Gasteiger partial charge in [0.1, 0.15) is 0 Å². The van der Waals surface area contributed by atoms with Gasteiger partial charge in [-0.05, 0) is 44.2 Å². The third kappa shape index (κ3) is 9.96. The van der Waals surface area contributed by atoms with Crippen molar-refractivity contribution in [2.45, 2.75) is 33.1 Å². The predicted molar refractivity (Wildman–Crippen MR) is 116 cm³/mol. The number of piperidine rings is 1. The molecule has 25 heavy (non-hydrogen) atoms. The molecule has 0 aromatic carbocycles. The maximum Gasteiger partial charge on any atom is 0.188 e. The van der Waals surface area contributed by atoms with E-state index in [9.17, 15) is 0 Å². The first kappa shape index (κ1) is 22.9. The molecule has 2 rings (SSSR count). The Morgan fingerprint density at radius 1 is 1.24 bits per heavy atom. The molecule has 0 amide bonds. The molecular formula is C18H38IN5O. The largest absolute Gasteiger partial charge is 0.379 e. The maximum absolute atomic E-state index is 6.02. The van der Waals surface area contributed by atoms with E-state index in [4.69, 9.17) is 10.5 Å². The molecule has 0 saturated carbocycles. The molecule has 2 heterocycles. The standard InChI is InChI=1S/C18H37N5O.HI/c1-16(2)14-23-7-3-5-17(15-23)13-21-18(19)20-6-4-8-22-9-11-24-12-10-22;/h16-17H,3-15H2,1-2H3,(H3,19,20,21);1H. The summed E-state index contributed by atoms with van der Waals surface area (Å²) in [6, 6.07) is 0. The van der Waals surface area contributed by atoms with Crippen molar-refractivity contribution in [3.05, 3.63) is 0 Å². The highest BCUT2D eigenvalue weighted by Gasteiger charge is 2.20. The van der Waals surface area contributed by atoms with Gasteiger partial charge in [0.2, 0.25) is 0 Å². The van der Waals surface area contributed by atoms with Crippen LogP contribution in [-0.4, -0.2) is 81.3 Å². The first-order valence-electron chi connectivity index (χ1n) is 9.69. The Balaban J connectivity index is 0.00000312. The number of ether oxygens (including phenoxy) is 1. The quantitative estimate of drug-likeness (QED) is 0.246. The second-order valence-electron chi connectivity index (χ2n) is 7.62. The fourth-order valence-corrected chi connectivity index (χ4v) is 3.61. The van der Waals surface area contributed by atoms with Crippen molar-refractivity contribution in [3.63, 3.8) is 0 Å². The van der Waals surface area contributed by atoms with E-state index in [1.807, 2.05) is 0 Å². The van der Waals surface area contributed by atoms with Crippen LogP contribution in [0.25, 0.3) is 0 Å². The van der Waals surface area contributed by atoms with Gasteiger partial charge in [0.05, 0.1) is 13.2 Å². The molecule has 3 N–H and O–H groups in total. The molecule has 1 unspecified atom stereocenters. The predicted octanol–water partition coefficient (Wildman–Crippen LogP) is 1.60. The number of aliphatic imine (C=N–C) groups is 1. The summed E-state index contributed by atoms with van der Waals surface area (Å²) in [7, 11) is 0. The number of halogens is 1. The first-order chi connectivity index (χ1) is 11.6. The first-order valence-corrected chi connectivity index (χ1v) is 9.69. The minimum absolute atomic E-state index is 0. The Morgan fingerprint density at radius 3 is 2.72 bits per heavy atom. The Labute approximate surface area is 170 Å². The van der Waals surface area contributed by atoms with E-state index in [0.29, 0.717) is 11.9 Å². The lowest BCUT2D eigenvalue weighted by Gasteiger charge is -2.33. The van der Waals surface area contributed by atoms with Crippen LogP contribution in [0.4, 0.5) is 0 Å². The van der Waals surface area contributed by atoms with Gasteiger partial charge in [-0.3, -0.25) is 9.89 Å². The van der Waals surface area contributed by atoms with Crippen LogP contribution in [0.5, 0.6) is 0 Å². The number of nitrogens with zero attached hydrogens (tertiary/aromatic N) is 3. The van der Waals surface area contributed by atoms with Crippen LogP contribution in [0.3, 0.4) is 0 Å². The topological polar surface area (TPSA) is 66.1 Å². The highest BCUT2D eigenvalue weighted by atomic mass is 127. The third-order valence-electron chi connectivity index (χ3n) is 4.81. The van der Waals surface area contributed by atoms with Crippen molar-refractivity contribution >= 4 is 29.9 Å². The van der Waals surface area contributed by atoms with E-state index in [2.05, 4.69) is 34.0 Å². The summed E-state index contributed by atoms with van der Waals surface area (Å²) in [6.45, 7) is 14.9. The van der Waals surface area contributed by atoms with Gasteiger partial charge in [-0.1, -0.05) is 13.8 Å². The minimum atomic E-state index is 0. The fraction of sp³-hybridized carbons (Fsp3) is 0.944. The van der Waals surface area contributed by atoms with Gasteiger partial charge in [-0.2, -0.15) is 0 Å². The molecule has 6 nitrogen and oxygen atoms in total. The van der Waals surface area contributed by atoms with Crippen molar-refractivity contribution in [3.8, 4) is 0 Å². The van der Waals surface area contributed by atoms with Gasteiger partial charge >= 0.3 is 0 Å². The summed E-state index contributed by atoms with van der Waals surface area (Å²) in [4.78, 5) is 9.60. The fourth-order valence-electron chi connectivity index (χ4n) is 3.61. The Morgan fingerprint density at radius 2 is 2.00 bits per heavy atom. The molecule has 148 valence electrons. The van der Waals surface area contributed by atoms with Crippen molar-refractivity contribution in [1.82, 2.24) is 15.1 Å². The number of nitrogens with two attached hydrogens (primary N) is 1. The molecule has 0 aromatic heterocycles. The number of morpholine rings is 1. The molecule has 2 saturated heterocycles. The summed E-state index contributed by atoms with van der Waals surface area (Å²) in [6.07, 6.45) is 3.67. The maximum atomic E-state index is 6.02. The zero-order valence-electron chi connectivity index (χ0n) is 16.1. The molecule has 0 bridgehead atoms. The monoisotopic (exact) mass is 467 g/mol. The van der Waals surface area contributed by atoms with Crippen LogP contribution in [0, 0.1) is 11.8 Å². The van der Waals surface area contributed by atoms with Crippen molar-refractivity contribution in [1.29, 1.82) is 0 Å². The number of hydrogen-bond donors (Lipinski definition) is 2. The van der Waals surface area contributed by atoms with Crippen molar-refractivity contribution in [2.24, 2.45) is 22.6 Å². The molecular weight excluding hydrogens is 429 g/mol. The van der Waals surface area contributed by atoms with E-state index in [-0.39, 0.29) is 24.0 Å². The van der Waals surface area contributed by atoms with E-state index in [1.165, 1.54) is 32.5 Å². The molecule has 2 aliphatic heterocycles. The molecule has 0 aliphatic carbocycles. The summed E-state index contributed by atoms with van der Waals surface area (Å²) in [5, 5.41) is 3.26. The second kappa shape index (κ2) is 13.1. The Hall–Kier alpha value is -0.120. The minimum Gasteiger partial charge on any atom is -0.379 e. The SMILES string of the molecule is CC(C)CN1CCCC(CN=C(N)NCCCN2CCOCC2)C1.I. The molecule has 1 atom stereocenters. The molecule has 2 aliphatic rings. The molecule has 7 heteroatoms. The summed E-state index contributed by atoms with van der Waals surface area (Å²) < 4.78 is 5.36. The summed E-state index contributed by atoms with van der Waals surface area (Å²) in [5.74, 6) is 2.01. The average molecular weight is 467 g/mol. The summed E-state index contributed by atoms with van der Waals surface area (Å²) in [5.41, 5.74) is 6.02. The van der Waals surface area contributed by atoms with Crippen LogP contribution in [-0.2, 0) is 4.74 Å². The smallest absolute Gasteiger partial charge is 0.188 e. The Bertz CT molecular complexity index is 374. The zero-order valence-corrected chi connectivity index (χ0v) is 18.4. The molecule has 2 fully saturated rings. The third-order valence-corrected chi connectivity index (χ3v) is 4.81. The van der Waals surface area contributed by atoms with Gasteiger partial charge < -0.3 is 20.7 Å². The molecule has 0 spiro atoms. The van der Waals surface area contributed by atoms with Crippen LogP contribution in [0.15, 0.2) is 4.99 Å². The summed E-state index contributed by atoms with van der Waals surface area (Å²) >= 11 is 0. The number of rotatable bonds is 8. The van der Waals surface area contributed by atoms with Gasteiger partial charge in [-0.15, -0.1) is 24.0 Å². The van der Waals surface area contributed by atoms with E-state index in [1.54, 1.807) is 0 Å². The average Bonchev–Trinajstić information content (AvgIpc) is 2.58. The normalized spacial score (nSPS) is 23.5. The van der Waals surface area contributed by atoms with Gasteiger partial charge in [0, 0.05) is 39.3 Å². The van der Waals surface area contributed by atoms with Crippen LogP contribution in [0.1, 0.15) is 33.1 Å². The lowest BCUT2D eigenvalue weighted by atomic mass is 9.97. The highest BCUT2D eigenvalue weighted by Crippen LogP contribution is 2.17. The van der Waals surface area contributed by atoms with E-state index < -0.39 is 0 Å². The highest BCUT2D eigenvalue weighted by molar-refractivity contribution is 14.0. The van der Waals surface area contributed by atoms with Gasteiger partial charge in [-0.25, -0.2) is 0 Å². The van der Waals surface area contributed by atoms with Crippen LogP contribution in [0.2, 0.25) is 0 Å². The van der Waals surface area contributed by atoms with Crippen molar-refractivity contribution in [2.75, 3.05) is 65.6 Å². The van der Waals surface area contributed by atoms with E-state index >= 15 is 0 Å². The number of likely N-dealkylation sites (tertiary alicyclic amines) is 1. The molecule has 0 radical (unpaired) electrons. The number of hydrogen-bond acceptors (Lipinski definition) is 4. The van der Waals surface area contributed by atoms with Crippen LogP contribution >= 0.6 is 24.0 Å². The van der Waals surface area contributed by atoms with Crippen molar-refractivity contribution < 1.29 is 4.74 Å². The molecule has 0 aromatic rings. The lowest BCUT2D eigenvalue weighted by Crippen LogP contribution is -2.40. The van der Waals surface area contributed by atoms with Crippen LogP contribution < -0.4 is 11.1 Å². The van der Waals surface area contributed by atoms with E-state index in [0.717, 1.165) is 58.3 Å². The van der Waals surface area contributed by atoms with Gasteiger partial charge in [0.25, 0.3) is 0 Å². The second-order valence-corrected chi connectivity index (χ2v) is 7.62.